The monoisotopic (exact) mass is 500 g/mol. The van der Waals surface area contributed by atoms with Gasteiger partial charge in [-0.15, -0.1) is 0 Å². The lowest BCUT2D eigenvalue weighted by Crippen LogP contribution is -2.59. The molecule has 4 fully saturated rings. The minimum absolute atomic E-state index is 0.0403. The number of hydrogen-bond donors (Lipinski definition) is 1. The normalized spacial score (nSPS) is 26.9. The molecule has 4 aliphatic carbocycles. The number of nitrogens with zero attached hydrogens (tertiary/aromatic N) is 3. The van der Waals surface area contributed by atoms with Crippen LogP contribution in [0.2, 0.25) is 0 Å². The van der Waals surface area contributed by atoms with Crippen molar-refractivity contribution in [1.29, 1.82) is 0 Å². The van der Waals surface area contributed by atoms with E-state index in [1.54, 1.807) is 18.2 Å². The summed E-state index contributed by atoms with van der Waals surface area (Å²) < 4.78 is 53.4. The molecule has 0 saturated heterocycles. The first-order chi connectivity index (χ1) is 17.2. The van der Waals surface area contributed by atoms with E-state index in [9.17, 15) is 18.0 Å². The Morgan fingerprint density at radius 3 is 2.25 bits per heavy atom. The maximum absolute atomic E-state index is 14.0. The smallest absolute Gasteiger partial charge is 0.433 e. The van der Waals surface area contributed by atoms with E-state index in [0.717, 1.165) is 25.3 Å². The molecule has 0 radical (unpaired) electrons. The highest BCUT2D eigenvalue weighted by molar-refractivity contribution is 6.00. The van der Waals surface area contributed by atoms with Crippen LogP contribution in [0.15, 0.2) is 30.5 Å². The Morgan fingerprint density at radius 1 is 1.03 bits per heavy atom. The quantitative estimate of drug-likeness (QED) is 0.526. The molecule has 0 atom stereocenters. The first-order valence-corrected chi connectivity index (χ1v) is 12.2. The lowest BCUT2D eigenvalue weighted by molar-refractivity contribution is -0.142. The van der Waals surface area contributed by atoms with Gasteiger partial charge in [0.25, 0.3) is 5.91 Å². The lowest BCUT2D eigenvalue weighted by atomic mass is 9.53. The van der Waals surface area contributed by atoms with Crippen LogP contribution in [0.3, 0.4) is 0 Å². The third kappa shape index (κ3) is 3.77. The zero-order valence-corrected chi connectivity index (χ0v) is 20.1. The molecule has 190 valence electrons. The predicted molar refractivity (Wildman–Crippen MR) is 125 cm³/mol. The summed E-state index contributed by atoms with van der Waals surface area (Å²) in [6.07, 6.45) is 2.94. The molecule has 2 heterocycles. The standard InChI is InChI=1S/C26H27F3N4O3/c1-35-20-4-3-17(8-21(20)36-2)19-9-22(26(27,28)29)33-23(31-19)18(13-30-33)24(34)32-25-10-14-5-15(11-25)7-16(6-14)12-25/h3-4,8-9,13-16H,5-7,10-12H2,1-2H3,(H,32,34). The molecule has 4 aliphatic rings. The molecule has 3 aromatic rings. The van der Waals surface area contributed by atoms with Gasteiger partial charge in [0, 0.05) is 11.1 Å². The summed E-state index contributed by atoms with van der Waals surface area (Å²) in [5.41, 5.74) is -0.926. The number of halogens is 3. The third-order valence-corrected chi connectivity index (χ3v) is 8.10. The fourth-order valence-electron chi connectivity index (χ4n) is 7.04. The number of aromatic nitrogens is 3. The highest BCUT2D eigenvalue weighted by Crippen LogP contribution is 2.55. The van der Waals surface area contributed by atoms with E-state index in [-0.39, 0.29) is 22.4 Å². The highest BCUT2D eigenvalue weighted by Gasteiger charge is 2.51. The van der Waals surface area contributed by atoms with Gasteiger partial charge in [0.1, 0.15) is 5.56 Å². The van der Waals surface area contributed by atoms with Gasteiger partial charge in [-0.05, 0) is 80.5 Å². The molecule has 1 amide bonds. The van der Waals surface area contributed by atoms with E-state index in [1.165, 1.54) is 39.7 Å². The minimum atomic E-state index is -4.70. The van der Waals surface area contributed by atoms with Crippen LogP contribution in [0.25, 0.3) is 16.9 Å². The SMILES string of the molecule is COc1ccc(-c2cc(C(F)(F)F)n3ncc(C(=O)NC45CC6CC(CC(C6)C4)C5)c3n2)cc1OC. The summed E-state index contributed by atoms with van der Waals surface area (Å²) in [4.78, 5) is 17.9. The van der Waals surface area contributed by atoms with E-state index in [2.05, 4.69) is 15.4 Å². The number of hydrogen-bond acceptors (Lipinski definition) is 5. The topological polar surface area (TPSA) is 77.8 Å². The number of carbonyl (C=O) groups excluding carboxylic acids is 1. The molecule has 7 rings (SSSR count). The van der Waals surface area contributed by atoms with Crippen molar-refractivity contribution in [1.82, 2.24) is 19.9 Å². The second-order valence-corrected chi connectivity index (χ2v) is 10.5. The molecule has 4 saturated carbocycles. The van der Waals surface area contributed by atoms with E-state index in [4.69, 9.17) is 9.47 Å². The van der Waals surface area contributed by atoms with E-state index in [0.29, 0.717) is 39.3 Å². The minimum Gasteiger partial charge on any atom is -0.493 e. The Kier molecular flexibility index (Phi) is 5.21. The van der Waals surface area contributed by atoms with Crippen LogP contribution in [0.1, 0.15) is 54.6 Å². The molecule has 0 spiro atoms. The van der Waals surface area contributed by atoms with Crippen LogP contribution in [0.4, 0.5) is 13.2 Å². The highest BCUT2D eigenvalue weighted by atomic mass is 19.4. The molecule has 0 unspecified atom stereocenters. The molecule has 7 nitrogen and oxygen atoms in total. The second-order valence-electron chi connectivity index (χ2n) is 10.5. The second kappa shape index (κ2) is 8.11. The fraction of sp³-hybridized carbons (Fsp3) is 0.500. The van der Waals surface area contributed by atoms with Crippen molar-refractivity contribution >= 4 is 11.6 Å². The van der Waals surface area contributed by atoms with Crippen LogP contribution in [-0.4, -0.2) is 40.3 Å². The average molecular weight is 501 g/mol. The largest absolute Gasteiger partial charge is 0.493 e. The van der Waals surface area contributed by atoms with Gasteiger partial charge >= 0.3 is 6.18 Å². The fourth-order valence-corrected chi connectivity index (χ4v) is 7.04. The number of methoxy groups -OCH3 is 2. The van der Waals surface area contributed by atoms with Crippen molar-refractivity contribution < 1.29 is 27.4 Å². The van der Waals surface area contributed by atoms with Gasteiger partial charge in [-0.2, -0.15) is 18.3 Å². The van der Waals surface area contributed by atoms with Gasteiger partial charge in [-0.3, -0.25) is 4.79 Å². The number of carbonyl (C=O) groups is 1. The number of rotatable bonds is 5. The van der Waals surface area contributed by atoms with Gasteiger partial charge in [-0.25, -0.2) is 9.50 Å². The van der Waals surface area contributed by atoms with Gasteiger partial charge in [0.15, 0.2) is 22.8 Å². The summed E-state index contributed by atoms with van der Waals surface area (Å²) in [5, 5.41) is 7.14. The molecule has 36 heavy (non-hydrogen) atoms. The van der Waals surface area contributed by atoms with Crippen LogP contribution in [0.5, 0.6) is 11.5 Å². The summed E-state index contributed by atoms with van der Waals surface area (Å²) in [6.45, 7) is 0. The zero-order valence-electron chi connectivity index (χ0n) is 20.1. The van der Waals surface area contributed by atoms with Gasteiger partial charge in [-0.1, -0.05) is 0 Å². The molecule has 10 heteroatoms. The molecule has 1 N–H and O–H groups in total. The van der Waals surface area contributed by atoms with E-state index >= 15 is 0 Å². The van der Waals surface area contributed by atoms with Crippen LogP contribution >= 0.6 is 0 Å². The van der Waals surface area contributed by atoms with Crippen molar-refractivity contribution in [3.8, 4) is 22.8 Å². The molecule has 2 aromatic heterocycles. The van der Waals surface area contributed by atoms with Crippen LogP contribution in [0, 0.1) is 17.8 Å². The number of amides is 1. The molecular formula is C26H27F3N4O3. The maximum Gasteiger partial charge on any atom is 0.433 e. The number of alkyl halides is 3. The van der Waals surface area contributed by atoms with Gasteiger partial charge < -0.3 is 14.8 Å². The van der Waals surface area contributed by atoms with Crippen molar-refractivity contribution in [2.24, 2.45) is 17.8 Å². The molecule has 0 aliphatic heterocycles. The Balaban J connectivity index is 1.41. The maximum atomic E-state index is 14.0. The average Bonchev–Trinajstić information content (AvgIpc) is 3.25. The number of benzene rings is 1. The van der Waals surface area contributed by atoms with Crippen molar-refractivity contribution in [2.45, 2.75) is 50.2 Å². The van der Waals surface area contributed by atoms with E-state index < -0.39 is 17.8 Å². The molecule has 4 bridgehead atoms. The van der Waals surface area contributed by atoms with Crippen molar-refractivity contribution in [3.05, 3.63) is 41.7 Å². The number of ether oxygens (including phenoxy) is 2. The van der Waals surface area contributed by atoms with E-state index in [1.807, 2.05) is 0 Å². The summed E-state index contributed by atoms with van der Waals surface area (Å²) in [7, 11) is 2.92. The zero-order chi connectivity index (χ0) is 25.2. The number of nitrogens with one attached hydrogen (secondary N) is 1. The Bertz CT molecular complexity index is 1310. The predicted octanol–water partition coefficient (Wildman–Crippen LogP) is 5.13. The van der Waals surface area contributed by atoms with Crippen molar-refractivity contribution in [2.75, 3.05) is 14.2 Å². The molecule has 1 aromatic carbocycles. The Hall–Kier alpha value is -3.30. The van der Waals surface area contributed by atoms with Gasteiger partial charge in [0.2, 0.25) is 0 Å². The summed E-state index contributed by atoms with van der Waals surface area (Å²) in [5.74, 6) is 2.24. The first-order valence-electron chi connectivity index (χ1n) is 12.2. The summed E-state index contributed by atoms with van der Waals surface area (Å²) >= 11 is 0. The number of fused-ring (bicyclic) bond motifs is 1. The Morgan fingerprint density at radius 2 is 1.67 bits per heavy atom. The lowest BCUT2D eigenvalue weighted by Gasteiger charge is -2.56. The summed E-state index contributed by atoms with van der Waals surface area (Å²) in [6, 6.07) is 5.70. The van der Waals surface area contributed by atoms with Crippen molar-refractivity contribution in [3.63, 3.8) is 0 Å². The van der Waals surface area contributed by atoms with Crippen LogP contribution in [-0.2, 0) is 6.18 Å². The third-order valence-electron chi connectivity index (χ3n) is 8.10. The first kappa shape index (κ1) is 23.1. The van der Waals surface area contributed by atoms with Gasteiger partial charge in [0.05, 0.1) is 26.1 Å². The Labute approximate surface area is 206 Å². The molecular weight excluding hydrogens is 473 g/mol. The van der Waals surface area contributed by atoms with Crippen LogP contribution < -0.4 is 14.8 Å².